The van der Waals surface area contributed by atoms with Gasteiger partial charge in [0.25, 0.3) is 0 Å². The van der Waals surface area contributed by atoms with Gasteiger partial charge in [-0.15, -0.1) is 0 Å². The van der Waals surface area contributed by atoms with Crippen molar-refractivity contribution in [2.45, 2.75) is 39.2 Å². The van der Waals surface area contributed by atoms with Gasteiger partial charge in [0.15, 0.2) is 5.78 Å². The third-order valence-electron chi connectivity index (χ3n) is 4.76. The SMILES string of the molecule is COC(=O)C1=C2C3=C(CC(C(C)C)CC3=O)NC2CC=C1. The van der Waals surface area contributed by atoms with Crippen molar-refractivity contribution in [3.05, 3.63) is 34.6 Å². The van der Waals surface area contributed by atoms with Gasteiger partial charge in [0.2, 0.25) is 0 Å². The number of carbonyl (C=O) groups excluding carboxylic acids is 2. The van der Waals surface area contributed by atoms with Gasteiger partial charge >= 0.3 is 5.97 Å². The second kappa shape index (κ2) is 5.17. The van der Waals surface area contributed by atoms with Crippen LogP contribution < -0.4 is 5.32 Å². The van der Waals surface area contributed by atoms with Crippen molar-refractivity contribution < 1.29 is 14.3 Å². The fourth-order valence-electron chi connectivity index (χ4n) is 3.52. The number of hydrogen-bond acceptors (Lipinski definition) is 4. The summed E-state index contributed by atoms with van der Waals surface area (Å²) >= 11 is 0. The Balaban J connectivity index is 2.05. The lowest BCUT2D eigenvalue weighted by Gasteiger charge is -2.26. The molecule has 2 aliphatic carbocycles. The van der Waals surface area contributed by atoms with Gasteiger partial charge < -0.3 is 10.1 Å². The van der Waals surface area contributed by atoms with E-state index in [9.17, 15) is 9.59 Å². The van der Waals surface area contributed by atoms with Gasteiger partial charge in [0.1, 0.15) is 0 Å². The molecule has 2 unspecified atom stereocenters. The van der Waals surface area contributed by atoms with Gasteiger partial charge in [-0.3, -0.25) is 4.79 Å². The first-order valence-corrected chi connectivity index (χ1v) is 7.55. The van der Waals surface area contributed by atoms with E-state index in [1.54, 1.807) is 6.08 Å². The number of rotatable bonds is 2. The average Bonchev–Trinajstić information content (AvgIpc) is 2.84. The summed E-state index contributed by atoms with van der Waals surface area (Å²) in [6.45, 7) is 4.32. The van der Waals surface area contributed by atoms with Crippen molar-refractivity contribution in [3.8, 4) is 0 Å². The summed E-state index contributed by atoms with van der Waals surface area (Å²) in [6.07, 6.45) is 6.04. The number of nitrogens with one attached hydrogen (secondary N) is 1. The monoisotopic (exact) mass is 287 g/mol. The van der Waals surface area contributed by atoms with E-state index in [-0.39, 0.29) is 17.8 Å². The minimum Gasteiger partial charge on any atom is -0.465 e. The van der Waals surface area contributed by atoms with E-state index in [2.05, 4.69) is 19.2 Å². The molecule has 0 aromatic heterocycles. The fourth-order valence-corrected chi connectivity index (χ4v) is 3.52. The largest absolute Gasteiger partial charge is 0.465 e. The molecule has 0 saturated carbocycles. The van der Waals surface area contributed by atoms with Crippen LogP contribution in [0.25, 0.3) is 0 Å². The molecule has 0 fully saturated rings. The molecule has 1 N–H and O–H groups in total. The van der Waals surface area contributed by atoms with Crippen LogP contribution in [0.4, 0.5) is 0 Å². The highest BCUT2D eigenvalue weighted by molar-refractivity contribution is 6.06. The molecule has 4 nitrogen and oxygen atoms in total. The Hall–Kier alpha value is -1.84. The second-order valence-electron chi connectivity index (χ2n) is 6.34. The van der Waals surface area contributed by atoms with Crippen molar-refractivity contribution in [3.63, 3.8) is 0 Å². The van der Waals surface area contributed by atoms with Crippen LogP contribution in [0, 0.1) is 11.8 Å². The third-order valence-corrected chi connectivity index (χ3v) is 4.76. The number of ketones is 1. The Kier molecular flexibility index (Phi) is 3.47. The predicted octanol–water partition coefficient (Wildman–Crippen LogP) is 2.28. The Bertz CT molecular complexity index is 595. The smallest absolute Gasteiger partial charge is 0.338 e. The van der Waals surface area contributed by atoms with E-state index in [1.807, 2.05) is 6.08 Å². The highest BCUT2D eigenvalue weighted by atomic mass is 16.5. The maximum atomic E-state index is 12.6. The van der Waals surface area contributed by atoms with Gasteiger partial charge in [0, 0.05) is 23.3 Å². The van der Waals surface area contributed by atoms with E-state index in [0.717, 1.165) is 29.7 Å². The summed E-state index contributed by atoms with van der Waals surface area (Å²) in [5.74, 6) is 0.676. The Morgan fingerprint density at radius 2 is 2.14 bits per heavy atom. The van der Waals surface area contributed by atoms with Crippen LogP contribution in [-0.4, -0.2) is 24.9 Å². The molecule has 0 saturated heterocycles. The summed E-state index contributed by atoms with van der Waals surface area (Å²) in [5.41, 5.74) is 3.16. The third kappa shape index (κ3) is 2.23. The summed E-state index contributed by atoms with van der Waals surface area (Å²) < 4.78 is 4.86. The summed E-state index contributed by atoms with van der Waals surface area (Å²) in [6, 6.07) is 0.0453. The summed E-state index contributed by atoms with van der Waals surface area (Å²) in [7, 11) is 1.38. The zero-order chi connectivity index (χ0) is 15.1. The first-order chi connectivity index (χ1) is 10.0. The topological polar surface area (TPSA) is 55.4 Å². The molecule has 0 amide bonds. The van der Waals surface area contributed by atoms with Gasteiger partial charge in [-0.05, 0) is 24.7 Å². The molecule has 0 spiro atoms. The lowest BCUT2D eigenvalue weighted by Crippen LogP contribution is -2.27. The van der Waals surface area contributed by atoms with Gasteiger partial charge in [-0.1, -0.05) is 26.0 Å². The quantitative estimate of drug-likeness (QED) is 0.792. The Morgan fingerprint density at radius 1 is 1.38 bits per heavy atom. The number of esters is 1. The number of methoxy groups -OCH3 is 1. The number of allylic oxidation sites excluding steroid dienone is 1. The number of carbonyl (C=O) groups is 2. The molecule has 0 bridgehead atoms. The van der Waals surface area contributed by atoms with Crippen molar-refractivity contribution in [2.75, 3.05) is 7.11 Å². The molecular formula is C17H21NO3. The van der Waals surface area contributed by atoms with E-state index >= 15 is 0 Å². The number of Topliss-reactive ketones (excluding diaryl/α,β-unsaturated/α-hetero) is 1. The van der Waals surface area contributed by atoms with Crippen LogP contribution in [0.5, 0.6) is 0 Å². The molecule has 21 heavy (non-hydrogen) atoms. The zero-order valence-electron chi connectivity index (χ0n) is 12.7. The highest BCUT2D eigenvalue weighted by Crippen LogP contribution is 2.42. The number of ether oxygens (including phenoxy) is 1. The zero-order valence-corrected chi connectivity index (χ0v) is 12.7. The van der Waals surface area contributed by atoms with Crippen LogP contribution in [0.15, 0.2) is 34.6 Å². The lowest BCUT2D eigenvalue weighted by molar-refractivity contribution is -0.135. The van der Waals surface area contributed by atoms with E-state index in [1.165, 1.54) is 7.11 Å². The van der Waals surface area contributed by atoms with Crippen LogP contribution >= 0.6 is 0 Å². The average molecular weight is 287 g/mol. The maximum absolute atomic E-state index is 12.6. The van der Waals surface area contributed by atoms with Crippen molar-refractivity contribution in [1.29, 1.82) is 0 Å². The molecule has 4 heteroatoms. The second-order valence-corrected chi connectivity index (χ2v) is 6.34. The first-order valence-electron chi connectivity index (χ1n) is 7.55. The molecule has 112 valence electrons. The molecule has 3 aliphatic rings. The predicted molar refractivity (Wildman–Crippen MR) is 79.3 cm³/mol. The number of fused-ring (bicyclic) bond motifs is 2. The molecule has 0 radical (unpaired) electrons. The normalized spacial score (nSPS) is 27.7. The molecular weight excluding hydrogens is 266 g/mol. The molecule has 1 aliphatic heterocycles. The Labute approximate surface area is 124 Å². The van der Waals surface area contributed by atoms with Crippen LogP contribution in [0.1, 0.15) is 33.1 Å². The van der Waals surface area contributed by atoms with E-state index in [0.29, 0.717) is 23.8 Å². The van der Waals surface area contributed by atoms with E-state index < -0.39 is 0 Å². The minimum atomic E-state index is -0.361. The lowest BCUT2D eigenvalue weighted by atomic mass is 9.77. The van der Waals surface area contributed by atoms with Gasteiger partial charge in [0.05, 0.1) is 18.7 Å². The minimum absolute atomic E-state index is 0.0453. The fraction of sp³-hybridized carbons (Fsp3) is 0.529. The molecule has 0 aromatic carbocycles. The molecule has 3 rings (SSSR count). The highest BCUT2D eigenvalue weighted by Gasteiger charge is 2.41. The van der Waals surface area contributed by atoms with Crippen molar-refractivity contribution in [2.24, 2.45) is 11.8 Å². The maximum Gasteiger partial charge on any atom is 0.338 e. The van der Waals surface area contributed by atoms with Gasteiger partial charge in [-0.25, -0.2) is 4.79 Å². The Morgan fingerprint density at radius 3 is 2.81 bits per heavy atom. The summed E-state index contributed by atoms with van der Waals surface area (Å²) in [4.78, 5) is 24.6. The summed E-state index contributed by atoms with van der Waals surface area (Å²) in [5, 5.41) is 3.46. The van der Waals surface area contributed by atoms with Crippen molar-refractivity contribution in [1.82, 2.24) is 5.32 Å². The number of hydrogen-bond donors (Lipinski definition) is 1. The van der Waals surface area contributed by atoms with Gasteiger partial charge in [-0.2, -0.15) is 0 Å². The van der Waals surface area contributed by atoms with Crippen molar-refractivity contribution >= 4 is 11.8 Å². The molecule has 1 heterocycles. The van der Waals surface area contributed by atoms with Crippen LogP contribution in [0.3, 0.4) is 0 Å². The van der Waals surface area contributed by atoms with E-state index in [4.69, 9.17) is 4.74 Å². The van der Waals surface area contributed by atoms with Crippen LogP contribution in [0.2, 0.25) is 0 Å². The molecule has 2 atom stereocenters. The van der Waals surface area contributed by atoms with Crippen LogP contribution in [-0.2, 0) is 14.3 Å². The first kappa shape index (κ1) is 14.1. The molecule has 0 aromatic rings. The standard InChI is InChI=1S/C17H21NO3/c1-9(2)10-7-13-16(14(19)8-10)15-11(17(20)21-3)5-4-6-12(15)18-13/h4-5,9-10,12,18H,6-8H2,1-3H3.